The molecule has 3 heterocycles. The highest BCUT2D eigenvalue weighted by Crippen LogP contribution is 2.35. The Balaban J connectivity index is 1.34. The van der Waals surface area contributed by atoms with E-state index in [4.69, 9.17) is 14.6 Å². The molecule has 3 amide bonds. The zero-order valence-electron chi connectivity index (χ0n) is 15.9. The Labute approximate surface area is 164 Å². The minimum atomic E-state index is -0.163. The van der Waals surface area contributed by atoms with E-state index < -0.39 is 0 Å². The summed E-state index contributed by atoms with van der Waals surface area (Å²) in [6.07, 6.45) is 0. The number of piperazine rings is 1. The van der Waals surface area contributed by atoms with Crippen LogP contribution in [-0.4, -0.2) is 104 Å². The number of aliphatic hydroxyl groups is 1. The molecular weight excluding hydrogens is 364 g/mol. The summed E-state index contributed by atoms with van der Waals surface area (Å²) in [7, 11) is 0. The van der Waals surface area contributed by atoms with Gasteiger partial charge in [-0.25, -0.2) is 4.79 Å². The van der Waals surface area contributed by atoms with Crippen molar-refractivity contribution in [3.63, 3.8) is 0 Å². The number of ether oxygens (including phenoxy) is 2. The topological polar surface area (TPSA) is 85.8 Å². The Hall–Kier alpha value is -2.52. The number of β-amino-alcohol motifs (C(OH)–C–C–N with tert-alkyl or cyclic N) is 1. The third-order valence-electron chi connectivity index (χ3n) is 5.40. The van der Waals surface area contributed by atoms with Crippen LogP contribution in [0.3, 0.4) is 0 Å². The SMILES string of the molecule is O=C(CN1CCN(c2ccc3c(c2)OCCO3)C1=O)N1CCN(CCO)CC1. The number of carbonyl (C=O) groups is 2. The molecule has 0 aliphatic carbocycles. The average molecular weight is 390 g/mol. The first-order valence-corrected chi connectivity index (χ1v) is 9.73. The smallest absolute Gasteiger partial charge is 0.325 e. The standard InChI is InChI=1S/C19H26N4O5/c24-10-9-20-3-5-21(6-4-20)18(25)14-22-7-8-23(19(22)26)15-1-2-16-17(13-15)28-12-11-27-16/h1-2,13,24H,3-12,14H2. The molecule has 2 fully saturated rings. The van der Waals surface area contributed by atoms with Crippen molar-refractivity contribution in [2.24, 2.45) is 0 Å². The van der Waals surface area contributed by atoms with Gasteiger partial charge in [-0.15, -0.1) is 0 Å². The number of anilines is 1. The molecule has 1 aromatic rings. The molecule has 0 spiro atoms. The monoisotopic (exact) mass is 390 g/mol. The van der Waals surface area contributed by atoms with E-state index in [1.54, 1.807) is 14.7 Å². The maximum atomic E-state index is 12.8. The van der Waals surface area contributed by atoms with Crippen LogP contribution in [0.5, 0.6) is 11.5 Å². The number of fused-ring (bicyclic) bond motifs is 1. The summed E-state index contributed by atoms with van der Waals surface area (Å²) in [6, 6.07) is 5.32. The van der Waals surface area contributed by atoms with E-state index in [9.17, 15) is 9.59 Å². The van der Waals surface area contributed by atoms with E-state index in [1.165, 1.54) is 0 Å². The van der Waals surface area contributed by atoms with Gasteiger partial charge in [-0.2, -0.15) is 0 Å². The lowest BCUT2D eigenvalue weighted by atomic mass is 10.2. The molecule has 3 aliphatic heterocycles. The lowest BCUT2D eigenvalue weighted by Crippen LogP contribution is -2.52. The Morgan fingerprint density at radius 2 is 1.75 bits per heavy atom. The lowest BCUT2D eigenvalue weighted by molar-refractivity contribution is -0.133. The predicted molar refractivity (Wildman–Crippen MR) is 102 cm³/mol. The first kappa shape index (κ1) is 18.8. The number of hydrogen-bond donors (Lipinski definition) is 1. The highest BCUT2D eigenvalue weighted by molar-refractivity contribution is 5.96. The number of amides is 3. The molecular formula is C19H26N4O5. The van der Waals surface area contributed by atoms with Crippen molar-refractivity contribution in [2.45, 2.75) is 0 Å². The Morgan fingerprint density at radius 3 is 2.50 bits per heavy atom. The van der Waals surface area contributed by atoms with E-state index in [0.29, 0.717) is 57.4 Å². The fourth-order valence-electron chi connectivity index (χ4n) is 3.79. The fraction of sp³-hybridized carbons (Fsp3) is 0.579. The summed E-state index contributed by atoms with van der Waals surface area (Å²) < 4.78 is 11.1. The molecule has 4 rings (SSSR count). The van der Waals surface area contributed by atoms with Crippen LogP contribution in [-0.2, 0) is 4.79 Å². The zero-order chi connectivity index (χ0) is 19.5. The summed E-state index contributed by atoms with van der Waals surface area (Å²) in [5.41, 5.74) is 0.752. The molecule has 28 heavy (non-hydrogen) atoms. The molecule has 152 valence electrons. The number of urea groups is 1. The van der Waals surface area contributed by atoms with Crippen LogP contribution >= 0.6 is 0 Å². The molecule has 0 bridgehead atoms. The highest BCUT2D eigenvalue weighted by atomic mass is 16.6. The van der Waals surface area contributed by atoms with Gasteiger partial charge in [-0.1, -0.05) is 0 Å². The summed E-state index contributed by atoms with van der Waals surface area (Å²) in [5.74, 6) is 1.31. The molecule has 0 saturated carbocycles. The maximum Gasteiger partial charge on any atom is 0.325 e. The summed E-state index contributed by atoms with van der Waals surface area (Å²) in [4.78, 5) is 32.6. The molecule has 9 nitrogen and oxygen atoms in total. The van der Waals surface area contributed by atoms with Crippen molar-refractivity contribution in [2.75, 3.05) is 77.1 Å². The van der Waals surface area contributed by atoms with E-state index >= 15 is 0 Å². The molecule has 2 saturated heterocycles. The van der Waals surface area contributed by atoms with Crippen molar-refractivity contribution < 1.29 is 24.2 Å². The fourth-order valence-corrected chi connectivity index (χ4v) is 3.79. The quantitative estimate of drug-likeness (QED) is 0.752. The Morgan fingerprint density at radius 1 is 1.00 bits per heavy atom. The van der Waals surface area contributed by atoms with Crippen molar-refractivity contribution in [1.29, 1.82) is 0 Å². The minimum Gasteiger partial charge on any atom is -0.486 e. The zero-order valence-corrected chi connectivity index (χ0v) is 15.9. The molecule has 0 radical (unpaired) electrons. The van der Waals surface area contributed by atoms with Gasteiger partial charge in [0.2, 0.25) is 5.91 Å². The third kappa shape index (κ3) is 3.85. The molecule has 1 N–H and O–H groups in total. The van der Waals surface area contributed by atoms with Gasteiger partial charge in [0, 0.05) is 57.6 Å². The van der Waals surface area contributed by atoms with Crippen LogP contribution < -0.4 is 14.4 Å². The van der Waals surface area contributed by atoms with Crippen LogP contribution in [0, 0.1) is 0 Å². The summed E-state index contributed by atoms with van der Waals surface area (Å²) in [6.45, 7) is 5.71. The molecule has 0 unspecified atom stereocenters. The van der Waals surface area contributed by atoms with Gasteiger partial charge >= 0.3 is 6.03 Å². The van der Waals surface area contributed by atoms with Gasteiger partial charge in [0.1, 0.15) is 19.8 Å². The molecule has 0 aromatic heterocycles. The van der Waals surface area contributed by atoms with Gasteiger partial charge in [0.25, 0.3) is 0 Å². The van der Waals surface area contributed by atoms with Crippen molar-refractivity contribution >= 4 is 17.6 Å². The van der Waals surface area contributed by atoms with E-state index in [2.05, 4.69) is 4.90 Å². The number of nitrogens with zero attached hydrogens (tertiary/aromatic N) is 4. The second-order valence-electron chi connectivity index (χ2n) is 7.13. The minimum absolute atomic E-state index is 0.0268. The number of benzene rings is 1. The van der Waals surface area contributed by atoms with Crippen LogP contribution in [0.1, 0.15) is 0 Å². The lowest BCUT2D eigenvalue weighted by Gasteiger charge is -2.35. The highest BCUT2D eigenvalue weighted by Gasteiger charge is 2.33. The molecule has 0 atom stereocenters. The van der Waals surface area contributed by atoms with E-state index in [1.807, 2.05) is 18.2 Å². The van der Waals surface area contributed by atoms with Crippen LogP contribution in [0.2, 0.25) is 0 Å². The van der Waals surface area contributed by atoms with Gasteiger partial charge in [-0.3, -0.25) is 14.6 Å². The molecule has 9 heteroatoms. The van der Waals surface area contributed by atoms with E-state index in [0.717, 1.165) is 18.8 Å². The predicted octanol–water partition coefficient (Wildman–Crippen LogP) is -0.164. The van der Waals surface area contributed by atoms with E-state index in [-0.39, 0.29) is 25.1 Å². The van der Waals surface area contributed by atoms with Crippen LogP contribution in [0.4, 0.5) is 10.5 Å². The average Bonchev–Trinajstić information content (AvgIpc) is 3.08. The first-order valence-electron chi connectivity index (χ1n) is 9.73. The summed E-state index contributed by atoms with van der Waals surface area (Å²) in [5, 5.41) is 9.01. The van der Waals surface area contributed by atoms with Gasteiger partial charge in [0.15, 0.2) is 11.5 Å². The number of carbonyl (C=O) groups excluding carboxylic acids is 2. The van der Waals surface area contributed by atoms with Gasteiger partial charge < -0.3 is 24.4 Å². The number of aliphatic hydroxyl groups excluding tert-OH is 1. The van der Waals surface area contributed by atoms with Crippen molar-refractivity contribution in [3.05, 3.63) is 18.2 Å². The summed E-state index contributed by atoms with van der Waals surface area (Å²) >= 11 is 0. The Kier molecular flexibility index (Phi) is 5.54. The second kappa shape index (κ2) is 8.24. The molecule has 3 aliphatic rings. The normalized spacial score (nSPS) is 20.0. The third-order valence-corrected chi connectivity index (χ3v) is 5.40. The first-order chi connectivity index (χ1) is 13.7. The van der Waals surface area contributed by atoms with Crippen molar-refractivity contribution in [1.82, 2.24) is 14.7 Å². The second-order valence-corrected chi connectivity index (χ2v) is 7.13. The van der Waals surface area contributed by atoms with Gasteiger partial charge in [0.05, 0.1) is 6.61 Å². The van der Waals surface area contributed by atoms with Crippen LogP contribution in [0.25, 0.3) is 0 Å². The van der Waals surface area contributed by atoms with Crippen LogP contribution in [0.15, 0.2) is 18.2 Å². The molecule has 1 aromatic carbocycles. The van der Waals surface area contributed by atoms with Crippen molar-refractivity contribution in [3.8, 4) is 11.5 Å². The van der Waals surface area contributed by atoms with Gasteiger partial charge in [-0.05, 0) is 12.1 Å². The number of hydrogen-bond acceptors (Lipinski definition) is 6. The number of rotatable bonds is 5. The maximum absolute atomic E-state index is 12.8. The largest absolute Gasteiger partial charge is 0.486 e. The Bertz CT molecular complexity index is 735.